The van der Waals surface area contributed by atoms with Gasteiger partial charge < -0.3 is 0 Å². The topological polar surface area (TPSA) is 35.8 Å². The Bertz CT molecular complexity index is 566. The third-order valence-corrected chi connectivity index (χ3v) is 3.34. The van der Waals surface area contributed by atoms with Crippen LogP contribution in [0.4, 0.5) is 0 Å². The van der Waals surface area contributed by atoms with E-state index in [4.69, 9.17) is 0 Å². The molecule has 2 rings (SSSR count). The van der Waals surface area contributed by atoms with Gasteiger partial charge in [-0.25, -0.2) is 0 Å². The minimum atomic E-state index is -0.663. The van der Waals surface area contributed by atoms with Crippen molar-refractivity contribution in [3.63, 3.8) is 0 Å². The second-order valence-electron chi connectivity index (χ2n) is 4.94. The van der Waals surface area contributed by atoms with E-state index in [1.54, 1.807) is 0 Å². The molecular formula is C17H18N2. The largest absolute Gasteiger partial charge is 0.292 e. The summed E-state index contributed by atoms with van der Waals surface area (Å²) in [6.07, 6.45) is 0. The van der Waals surface area contributed by atoms with Crippen LogP contribution in [0.3, 0.4) is 0 Å². The molecule has 0 radical (unpaired) electrons. The Labute approximate surface area is 114 Å². The normalized spacial score (nSPS) is 13.5. The molecule has 2 aromatic carbocycles. The number of nitrogens with one attached hydrogen (secondary N) is 1. The van der Waals surface area contributed by atoms with Gasteiger partial charge in [-0.1, -0.05) is 60.2 Å². The molecule has 1 atom stereocenters. The third-order valence-electron chi connectivity index (χ3n) is 3.34. The first-order chi connectivity index (χ1) is 9.14. The number of rotatable bonds is 4. The van der Waals surface area contributed by atoms with Crippen LogP contribution in [0.1, 0.15) is 23.6 Å². The quantitative estimate of drug-likeness (QED) is 0.901. The smallest absolute Gasteiger partial charge is 0.129 e. The molecule has 0 aliphatic carbocycles. The average Bonchev–Trinajstić information content (AvgIpc) is 2.46. The van der Waals surface area contributed by atoms with E-state index in [0.717, 1.165) is 5.56 Å². The lowest BCUT2D eigenvalue weighted by atomic mass is 9.92. The van der Waals surface area contributed by atoms with Gasteiger partial charge in [-0.3, -0.25) is 5.32 Å². The van der Waals surface area contributed by atoms with Crippen LogP contribution in [-0.2, 0) is 12.1 Å². The summed E-state index contributed by atoms with van der Waals surface area (Å²) in [4.78, 5) is 0. The van der Waals surface area contributed by atoms with Crippen LogP contribution in [0.2, 0.25) is 0 Å². The Morgan fingerprint density at radius 2 is 1.68 bits per heavy atom. The Morgan fingerprint density at radius 3 is 2.26 bits per heavy atom. The highest BCUT2D eigenvalue weighted by Gasteiger charge is 2.25. The van der Waals surface area contributed by atoms with E-state index in [0.29, 0.717) is 6.54 Å². The molecular weight excluding hydrogens is 232 g/mol. The summed E-state index contributed by atoms with van der Waals surface area (Å²) < 4.78 is 0. The number of aryl methyl sites for hydroxylation is 1. The van der Waals surface area contributed by atoms with Crippen molar-refractivity contribution in [2.75, 3.05) is 0 Å². The van der Waals surface area contributed by atoms with Crippen molar-refractivity contribution in [3.8, 4) is 6.07 Å². The minimum absolute atomic E-state index is 0.663. The molecule has 0 aliphatic heterocycles. The van der Waals surface area contributed by atoms with Gasteiger partial charge in [0.15, 0.2) is 0 Å². The maximum absolute atomic E-state index is 9.47. The lowest BCUT2D eigenvalue weighted by Crippen LogP contribution is -2.37. The zero-order valence-electron chi connectivity index (χ0n) is 11.4. The monoisotopic (exact) mass is 250 g/mol. The second-order valence-corrected chi connectivity index (χ2v) is 4.94. The minimum Gasteiger partial charge on any atom is -0.292 e. The van der Waals surface area contributed by atoms with Crippen LogP contribution >= 0.6 is 0 Å². The van der Waals surface area contributed by atoms with E-state index in [-0.39, 0.29) is 0 Å². The molecule has 19 heavy (non-hydrogen) atoms. The van der Waals surface area contributed by atoms with Crippen LogP contribution in [0, 0.1) is 18.3 Å². The van der Waals surface area contributed by atoms with Gasteiger partial charge >= 0.3 is 0 Å². The molecule has 2 aromatic rings. The Morgan fingerprint density at radius 1 is 1.05 bits per heavy atom. The van der Waals surface area contributed by atoms with E-state index >= 15 is 0 Å². The van der Waals surface area contributed by atoms with Crippen LogP contribution in [0.25, 0.3) is 0 Å². The zero-order valence-corrected chi connectivity index (χ0v) is 11.4. The summed E-state index contributed by atoms with van der Waals surface area (Å²) in [5.41, 5.74) is 2.71. The van der Waals surface area contributed by atoms with E-state index in [2.05, 4.69) is 23.5 Å². The summed E-state index contributed by atoms with van der Waals surface area (Å²) >= 11 is 0. The van der Waals surface area contributed by atoms with Gasteiger partial charge in [-0.05, 0) is 25.0 Å². The molecule has 2 nitrogen and oxygen atoms in total. The molecule has 0 amide bonds. The summed E-state index contributed by atoms with van der Waals surface area (Å²) in [7, 11) is 0. The van der Waals surface area contributed by atoms with Gasteiger partial charge in [0.2, 0.25) is 0 Å². The molecule has 0 aromatic heterocycles. The van der Waals surface area contributed by atoms with E-state index in [9.17, 15) is 5.26 Å². The van der Waals surface area contributed by atoms with Crippen molar-refractivity contribution in [3.05, 3.63) is 71.3 Å². The maximum Gasteiger partial charge on any atom is 0.129 e. The summed E-state index contributed by atoms with van der Waals surface area (Å²) in [5.74, 6) is 0. The van der Waals surface area contributed by atoms with Crippen molar-refractivity contribution in [1.29, 1.82) is 5.26 Å². The van der Waals surface area contributed by atoms with Crippen molar-refractivity contribution in [2.24, 2.45) is 0 Å². The first-order valence-corrected chi connectivity index (χ1v) is 6.41. The average molecular weight is 250 g/mol. The third kappa shape index (κ3) is 3.21. The lowest BCUT2D eigenvalue weighted by Gasteiger charge is -2.24. The molecule has 1 N–H and O–H groups in total. The molecule has 0 spiro atoms. The van der Waals surface area contributed by atoms with Gasteiger partial charge in [-0.2, -0.15) is 5.26 Å². The standard InChI is InChI=1S/C17H18N2/c1-14-8-10-16(11-9-14)17(2,13-18)19-12-15-6-4-3-5-7-15/h3-11,19H,12H2,1-2H3/t17-/m0/s1. The number of nitrogens with zero attached hydrogens (tertiary/aromatic N) is 1. The number of nitriles is 1. The Kier molecular flexibility index (Phi) is 3.99. The van der Waals surface area contributed by atoms with E-state index in [1.807, 2.05) is 56.3 Å². The highest BCUT2D eigenvalue weighted by Crippen LogP contribution is 2.21. The van der Waals surface area contributed by atoms with E-state index < -0.39 is 5.54 Å². The summed E-state index contributed by atoms with van der Waals surface area (Å²) in [6, 6.07) is 20.6. The number of benzene rings is 2. The number of hydrogen-bond donors (Lipinski definition) is 1. The predicted molar refractivity (Wildman–Crippen MR) is 77.4 cm³/mol. The molecule has 0 heterocycles. The molecule has 0 aliphatic rings. The SMILES string of the molecule is Cc1ccc([C@](C)(C#N)NCc2ccccc2)cc1. The Balaban J connectivity index is 2.15. The van der Waals surface area contributed by atoms with Crippen LogP contribution in [-0.4, -0.2) is 0 Å². The highest BCUT2D eigenvalue weighted by atomic mass is 15.0. The van der Waals surface area contributed by atoms with Gasteiger partial charge in [0.1, 0.15) is 5.54 Å². The molecule has 0 saturated carbocycles. The first-order valence-electron chi connectivity index (χ1n) is 6.41. The van der Waals surface area contributed by atoms with Crippen molar-refractivity contribution < 1.29 is 0 Å². The number of hydrogen-bond acceptors (Lipinski definition) is 2. The fraction of sp³-hybridized carbons (Fsp3) is 0.235. The van der Waals surface area contributed by atoms with Gasteiger partial charge in [0, 0.05) is 6.54 Å². The zero-order chi connectivity index (χ0) is 13.7. The fourth-order valence-electron chi connectivity index (χ4n) is 1.97. The maximum atomic E-state index is 9.47. The predicted octanol–water partition coefficient (Wildman–Crippen LogP) is 3.52. The summed E-state index contributed by atoms with van der Waals surface area (Å²) in [5, 5.41) is 12.8. The van der Waals surface area contributed by atoms with Gasteiger partial charge in [-0.15, -0.1) is 0 Å². The molecule has 96 valence electrons. The molecule has 0 unspecified atom stereocenters. The lowest BCUT2D eigenvalue weighted by molar-refractivity contribution is 0.464. The molecule has 0 fully saturated rings. The fourth-order valence-corrected chi connectivity index (χ4v) is 1.97. The van der Waals surface area contributed by atoms with Crippen molar-refractivity contribution in [1.82, 2.24) is 5.32 Å². The van der Waals surface area contributed by atoms with E-state index in [1.165, 1.54) is 11.1 Å². The summed E-state index contributed by atoms with van der Waals surface area (Å²) in [6.45, 7) is 4.64. The molecule has 0 bridgehead atoms. The highest BCUT2D eigenvalue weighted by molar-refractivity contribution is 5.32. The van der Waals surface area contributed by atoms with Gasteiger partial charge in [0.05, 0.1) is 6.07 Å². The van der Waals surface area contributed by atoms with Gasteiger partial charge in [0.25, 0.3) is 0 Å². The first kappa shape index (κ1) is 13.3. The molecule has 0 saturated heterocycles. The second kappa shape index (κ2) is 5.69. The Hall–Kier alpha value is -2.11. The van der Waals surface area contributed by atoms with Crippen LogP contribution < -0.4 is 5.32 Å². The molecule has 2 heteroatoms. The van der Waals surface area contributed by atoms with Crippen LogP contribution in [0.15, 0.2) is 54.6 Å². The van der Waals surface area contributed by atoms with Crippen molar-refractivity contribution >= 4 is 0 Å². The van der Waals surface area contributed by atoms with Crippen LogP contribution in [0.5, 0.6) is 0 Å². The van der Waals surface area contributed by atoms with Crippen molar-refractivity contribution in [2.45, 2.75) is 25.9 Å².